The Morgan fingerprint density at radius 3 is 2.33 bits per heavy atom. The number of halogens is 1. The Balaban J connectivity index is 2.37. The van der Waals surface area contributed by atoms with Crippen molar-refractivity contribution in [3.05, 3.63) is 59.7 Å². The number of hydrogen-bond acceptors (Lipinski definition) is 3. The molecule has 2 aromatic rings. The minimum atomic E-state index is -0.764. The third kappa shape index (κ3) is 2.33. The molecule has 0 aliphatic carbocycles. The van der Waals surface area contributed by atoms with Crippen LogP contribution < -0.4 is 10.5 Å². The van der Waals surface area contributed by atoms with Gasteiger partial charge < -0.3 is 10.5 Å². The molecular formula is C14H15FN2O. The van der Waals surface area contributed by atoms with Crippen molar-refractivity contribution >= 4 is 0 Å². The van der Waals surface area contributed by atoms with E-state index in [9.17, 15) is 4.39 Å². The molecule has 0 aliphatic rings. The molecule has 2 N–H and O–H groups in total. The molecule has 0 aliphatic heterocycles. The van der Waals surface area contributed by atoms with Gasteiger partial charge >= 0.3 is 0 Å². The second-order valence-corrected chi connectivity index (χ2v) is 4.29. The fraction of sp³-hybridized carbons (Fsp3) is 0.214. The molecule has 0 amide bonds. The van der Waals surface area contributed by atoms with Crippen LogP contribution in [0.4, 0.5) is 4.39 Å². The van der Waals surface area contributed by atoms with E-state index >= 15 is 0 Å². The van der Waals surface area contributed by atoms with E-state index in [0.29, 0.717) is 5.69 Å². The van der Waals surface area contributed by atoms with Gasteiger partial charge in [0.05, 0.1) is 24.5 Å². The standard InChI is InChI=1S/C14H15FN2O/c1-14(16,13-8-5-11(15)9-17-13)10-3-6-12(18-2)7-4-10/h3-9H,16H2,1-2H3. The van der Waals surface area contributed by atoms with E-state index < -0.39 is 5.54 Å². The summed E-state index contributed by atoms with van der Waals surface area (Å²) in [6, 6.07) is 10.4. The highest BCUT2D eigenvalue weighted by Gasteiger charge is 2.25. The summed E-state index contributed by atoms with van der Waals surface area (Å²) in [5, 5.41) is 0. The first-order valence-corrected chi connectivity index (χ1v) is 5.59. The van der Waals surface area contributed by atoms with Crippen molar-refractivity contribution in [2.75, 3.05) is 7.11 Å². The molecule has 1 unspecified atom stereocenters. The fourth-order valence-corrected chi connectivity index (χ4v) is 1.77. The van der Waals surface area contributed by atoms with Crippen molar-refractivity contribution in [3.8, 4) is 5.75 Å². The van der Waals surface area contributed by atoms with Crippen LogP contribution in [-0.2, 0) is 5.54 Å². The number of hydrogen-bond donors (Lipinski definition) is 1. The Hall–Kier alpha value is -1.94. The lowest BCUT2D eigenvalue weighted by atomic mass is 9.89. The van der Waals surface area contributed by atoms with E-state index in [1.165, 1.54) is 12.3 Å². The molecule has 1 heterocycles. The summed E-state index contributed by atoms with van der Waals surface area (Å²) in [6.45, 7) is 1.84. The number of ether oxygens (including phenoxy) is 1. The summed E-state index contributed by atoms with van der Waals surface area (Å²) in [5.74, 6) is 0.394. The number of methoxy groups -OCH3 is 1. The van der Waals surface area contributed by atoms with E-state index in [0.717, 1.165) is 11.3 Å². The Kier molecular flexibility index (Phi) is 3.30. The van der Waals surface area contributed by atoms with E-state index in [2.05, 4.69) is 4.98 Å². The van der Waals surface area contributed by atoms with Crippen LogP contribution in [-0.4, -0.2) is 12.1 Å². The summed E-state index contributed by atoms with van der Waals surface area (Å²) >= 11 is 0. The van der Waals surface area contributed by atoms with Crippen molar-refractivity contribution in [3.63, 3.8) is 0 Å². The van der Waals surface area contributed by atoms with Gasteiger partial charge in [-0.15, -0.1) is 0 Å². The molecular weight excluding hydrogens is 231 g/mol. The number of pyridine rings is 1. The zero-order chi connectivity index (χ0) is 13.2. The maximum absolute atomic E-state index is 12.9. The summed E-state index contributed by atoms with van der Waals surface area (Å²) in [6.07, 6.45) is 1.17. The van der Waals surface area contributed by atoms with E-state index in [4.69, 9.17) is 10.5 Å². The van der Waals surface area contributed by atoms with Gasteiger partial charge in [0.1, 0.15) is 11.6 Å². The summed E-state index contributed by atoms with van der Waals surface area (Å²) in [4.78, 5) is 4.04. The van der Waals surface area contributed by atoms with Crippen LogP contribution >= 0.6 is 0 Å². The fourth-order valence-electron chi connectivity index (χ4n) is 1.77. The Labute approximate surface area is 105 Å². The minimum absolute atomic E-state index is 0.371. The Bertz CT molecular complexity index is 520. The Morgan fingerprint density at radius 1 is 1.17 bits per heavy atom. The molecule has 1 aromatic carbocycles. The highest BCUT2D eigenvalue weighted by molar-refractivity contribution is 5.36. The lowest BCUT2D eigenvalue weighted by molar-refractivity contribution is 0.414. The summed E-state index contributed by atoms with van der Waals surface area (Å²) in [7, 11) is 1.61. The van der Waals surface area contributed by atoms with Gasteiger partial charge in [0.2, 0.25) is 0 Å². The van der Waals surface area contributed by atoms with Crippen LogP contribution in [0.25, 0.3) is 0 Å². The van der Waals surface area contributed by atoms with Gasteiger partial charge in [-0.2, -0.15) is 0 Å². The van der Waals surface area contributed by atoms with E-state index in [-0.39, 0.29) is 5.82 Å². The normalized spacial score (nSPS) is 14.0. The van der Waals surface area contributed by atoms with Gasteiger partial charge in [0, 0.05) is 0 Å². The van der Waals surface area contributed by atoms with Crippen LogP contribution in [0.3, 0.4) is 0 Å². The molecule has 2 rings (SSSR count). The van der Waals surface area contributed by atoms with Crippen molar-refractivity contribution in [1.82, 2.24) is 4.98 Å². The lowest BCUT2D eigenvalue weighted by Gasteiger charge is -2.24. The van der Waals surface area contributed by atoms with Gasteiger partial charge in [-0.3, -0.25) is 4.98 Å². The van der Waals surface area contributed by atoms with Gasteiger partial charge in [-0.05, 0) is 36.8 Å². The number of benzene rings is 1. The molecule has 0 saturated carbocycles. The molecule has 1 aromatic heterocycles. The van der Waals surface area contributed by atoms with Crippen molar-refractivity contribution < 1.29 is 9.13 Å². The number of nitrogens with zero attached hydrogens (tertiary/aromatic N) is 1. The molecule has 0 radical (unpaired) electrons. The van der Waals surface area contributed by atoms with Crippen LogP contribution in [0.1, 0.15) is 18.2 Å². The topological polar surface area (TPSA) is 48.1 Å². The quantitative estimate of drug-likeness (QED) is 0.905. The third-order valence-electron chi connectivity index (χ3n) is 2.95. The highest BCUT2D eigenvalue weighted by Crippen LogP contribution is 2.26. The van der Waals surface area contributed by atoms with Gasteiger partial charge in [0.25, 0.3) is 0 Å². The van der Waals surface area contributed by atoms with Gasteiger partial charge in [-0.1, -0.05) is 12.1 Å². The first-order valence-electron chi connectivity index (χ1n) is 5.59. The molecule has 3 nitrogen and oxygen atoms in total. The summed E-state index contributed by atoms with van der Waals surface area (Å²) < 4.78 is 18.0. The van der Waals surface area contributed by atoms with Gasteiger partial charge in [0.15, 0.2) is 0 Å². The minimum Gasteiger partial charge on any atom is -0.497 e. The Morgan fingerprint density at radius 2 is 1.83 bits per heavy atom. The van der Waals surface area contributed by atoms with Crippen LogP contribution in [0, 0.1) is 5.82 Å². The predicted molar refractivity (Wildman–Crippen MR) is 67.8 cm³/mol. The molecule has 94 valence electrons. The second-order valence-electron chi connectivity index (χ2n) is 4.29. The maximum atomic E-state index is 12.9. The highest BCUT2D eigenvalue weighted by atomic mass is 19.1. The lowest BCUT2D eigenvalue weighted by Crippen LogP contribution is -2.35. The first-order chi connectivity index (χ1) is 8.54. The average molecular weight is 246 g/mol. The number of aromatic nitrogens is 1. The van der Waals surface area contributed by atoms with E-state index in [1.54, 1.807) is 13.2 Å². The molecule has 0 spiro atoms. The van der Waals surface area contributed by atoms with Crippen molar-refractivity contribution in [2.24, 2.45) is 5.73 Å². The van der Waals surface area contributed by atoms with E-state index in [1.807, 2.05) is 31.2 Å². The molecule has 0 fully saturated rings. The van der Waals surface area contributed by atoms with Crippen LogP contribution in [0.5, 0.6) is 5.75 Å². The first kappa shape index (κ1) is 12.5. The molecule has 0 saturated heterocycles. The molecule has 0 bridgehead atoms. The van der Waals surface area contributed by atoms with Crippen molar-refractivity contribution in [1.29, 1.82) is 0 Å². The monoisotopic (exact) mass is 246 g/mol. The predicted octanol–water partition coefficient (Wildman–Crippen LogP) is 2.45. The second kappa shape index (κ2) is 4.74. The van der Waals surface area contributed by atoms with Crippen molar-refractivity contribution in [2.45, 2.75) is 12.5 Å². The molecule has 18 heavy (non-hydrogen) atoms. The summed E-state index contributed by atoms with van der Waals surface area (Å²) in [5.41, 5.74) is 7.02. The zero-order valence-electron chi connectivity index (χ0n) is 10.4. The van der Waals surface area contributed by atoms with Crippen LogP contribution in [0.15, 0.2) is 42.6 Å². The van der Waals surface area contributed by atoms with Gasteiger partial charge in [-0.25, -0.2) is 4.39 Å². The smallest absolute Gasteiger partial charge is 0.141 e. The SMILES string of the molecule is COc1ccc(C(C)(N)c2ccc(F)cn2)cc1. The zero-order valence-corrected chi connectivity index (χ0v) is 10.4. The molecule has 1 atom stereocenters. The number of rotatable bonds is 3. The number of nitrogens with two attached hydrogens (primary N) is 1. The molecule has 4 heteroatoms. The average Bonchev–Trinajstić information content (AvgIpc) is 2.39. The third-order valence-corrected chi connectivity index (χ3v) is 2.95. The largest absolute Gasteiger partial charge is 0.497 e. The van der Waals surface area contributed by atoms with Crippen LogP contribution in [0.2, 0.25) is 0 Å². The maximum Gasteiger partial charge on any atom is 0.141 e.